The fourth-order valence-corrected chi connectivity index (χ4v) is 2.40. The molecule has 7 heteroatoms. The molecule has 0 saturated heterocycles. The van der Waals surface area contributed by atoms with E-state index in [0.29, 0.717) is 36.3 Å². The summed E-state index contributed by atoms with van der Waals surface area (Å²) in [6.45, 7) is 4.67. The normalized spacial score (nSPS) is 14.5. The lowest BCUT2D eigenvalue weighted by atomic mass is 10.1. The van der Waals surface area contributed by atoms with E-state index in [-0.39, 0.29) is 5.91 Å². The van der Waals surface area contributed by atoms with Crippen molar-refractivity contribution in [3.63, 3.8) is 0 Å². The second-order valence-electron chi connectivity index (χ2n) is 6.53. The van der Waals surface area contributed by atoms with Gasteiger partial charge in [0.15, 0.2) is 5.82 Å². The Balaban J connectivity index is 1.60. The highest BCUT2D eigenvalue weighted by Gasteiger charge is 2.29. The molecule has 2 aromatic rings. The number of nitrogens with zero attached hydrogens (tertiary/aromatic N) is 5. The second-order valence-corrected chi connectivity index (χ2v) is 6.53. The summed E-state index contributed by atoms with van der Waals surface area (Å²) in [5, 5.41) is 8.38. The van der Waals surface area contributed by atoms with Crippen molar-refractivity contribution in [2.24, 2.45) is 7.05 Å². The Bertz CT molecular complexity index is 699. The summed E-state index contributed by atoms with van der Waals surface area (Å²) in [7, 11) is 3.58. The molecular weight excluding hydrogens is 294 g/mol. The van der Waals surface area contributed by atoms with Crippen LogP contribution < -0.4 is 0 Å². The highest BCUT2D eigenvalue weighted by atomic mass is 16.5. The van der Waals surface area contributed by atoms with Gasteiger partial charge in [-0.1, -0.05) is 19.0 Å². The van der Waals surface area contributed by atoms with E-state index in [1.54, 1.807) is 23.7 Å². The summed E-state index contributed by atoms with van der Waals surface area (Å²) in [4.78, 5) is 18.6. The molecule has 0 aromatic carbocycles. The van der Waals surface area contributed by atoms with Gasteiger partial charge in [-0.3, -0.25) is 9.48 Å². The number of hydrogen-bond donors (Lipinski definition) is 0. The summed E-state index contributed by atoms with van der Waals surface area (Å²) >= 11 is 0. The van der Waals surface area contributed by atoms with E-state index >= 15 is 0 Å². The standard InChI is InChI=1S/C16H23N5O2/c1-10(2)12-9-13(21(4)18-12)16(22)20(3)8-7-14-17-15(23-19-14)11-5-6-11/h9-11H,5-8H2,1-4H3. The van der Waals surface area contributed by atoms with E-state index in [0.717, 1.165) is 24.4 Å². The number of aryl methyl sites for hydroxylation is 1. The van der Waals surface area contributed by atoms with Crippen molar-refractivity contribution in [1.82, 2.24) is 24.8 Å². The Morgan fingerprint density at radius 3 is 2.83 bits per heavy atom. The number of amides is 1. The van der Waals surface area contributed by atoms with Gasteiger partial charge in [0.05, 0.1) is 5.69 Å². The van der Waals surface area contributed by atoms with Gasteiger partial charge in [-0.15, -0.1) is 0 Å². The predicted octanol–water partition coefficient (Wildman–Crippen LogP) is 2.12. The Morgan fingerprint density at radius 2 is 2.22 bits per heavy atom. The molecule has 3 rings (SSSR count). The lowest BCUT2D eigenvalue weighted by Crippen LogP contribution is -2.30. The zero-order valence-electron chi connectivity index (χ0n) is 14.1. The minimum atomic E-state index is -0.0437. The van der Waals surface area contributed by atoms with Crippen LogP contribution in [0.4, 0.5) is 0 Å². The molecule has 124 valence electrons. The lowest BCUT2D eigenvalue weighted by molar-refractivity contribution is 0.0785. The van der Waals surface area contributed by atoms with Crippen molar-refractivity contribution in [1.29, 1.82) is 0 Å². The lowest BCUT2D eigenvalue weighted by Gasteiger charge is -2.15. The largest absolute Gasteiger partial charge is 0.340 e. The summed E-state index contributed by atoms with van der Waals surface area (Å²) in [6, 6.07) is 1.86. The quantitative estimate of drug-likeness (QED) is 0.815. The molecule has 2 aromatic heterocycles. The van der Waals surface area contributed by atoms with E-state index in [1.165, 1.54) is 0 Å². The first-order valence-corrected chi connectivity index (χ1v) is 8.07. The molecule has 0 N–H and O–H groups in total. The molecule has 0 unspecified atom stereocenters. The second kappa shape index (κ2) is 6.14. The fourth-order valence-electron chi connectivity index (χ4n) is 2.40. The van der Waals surface area contributed by atoms with Crippen molar-refractivity contribution in [2.75, 3.05) is 13.6 Å². The number of aromatic nitrogens is 4. The molecule has 1 saturated carbocycles. The van der Waals surface area contributed by atoms with Gasteiger partial charge < -0.3 is 9.42 Å². The summed E-state index contributed by atoms with van der Waals surface area (Å²) in [5.41, 5.74) is 1.53. The third-order valence-corrected chi connectivity index (χ3v) is 4.14. The van der Waals surface area contributed by atoms with Crippen LogP contribution >= 0.6 is 0 Å². The number of carbonyl (C=O) groups excluding carboxylic acids is 1. The molecule has 0 aliphatic heterocycles. The predicted molar refractivity (Wildman–Crippen MR) is 84.2 cm³/mol. The van der Waals surface area contributed by atoms with Crippen LogP contribution in [-0.2, 0) is 13.5 Å². The van der Waals surface area contributed by atoms with Crippen LogP contribution in [0.2, 0.25) is 0 Å². The van der Waals surface area contributed by atoms with Gasteiger partial charge in [-0.25, -0.2) is 0 Å². The van der Waals surface area contributed by atoms with Gasteiger partial charge in [0, 0.05) is 33.0 Å². The molecule has 0 radical (unpaired) electrons. The van der Waals surface area contributed by atoms with Gasteiger partial charge >= 0.3 is 0 Å². The van der Waals surface area contributed by atoms with Crippen molar-refractivity contribution >= 4 is 5.91 Å². The Kier molecular flexibility index (Phi) is 4.19. The minimum absolute atomic E-state index is 0.0437. The van der Waals surface area contributed by atoms with Crippen molar-refractivity contribution in [3.05, 3.63) is 29.2 Å². The number of rotatable bonds is 6. The minimum Gasteiger partial charge on any atom is -0.340 e. The first kappa shape index (κ1) is 15.7. The topological polar surface area (TPSA) is 77.0 Å². The van der Waals surface area contributed by atoms with Crippen molar-refractivity contribution in [3.8, 4) is 0 Å². The number of likely N-dealkylation sites (N-methyl/N-ethyl adjacent to an activating group) is 1. The summed E-state index contributed by atoms with van der Waals surface area (Å²) < 4.78 is 6.88. The van der Waals surface area contributed by atoms with Crippen LogP contribution in [0.1, 0.15) is 66.4 Å². The highest BCUT2D eigenvalue weighted by molar-refractivity contribution is 5.92. The zero-order chi connectivity index (χ0) is 16.6. The van der Waals surface area contributed by atoms with Crippen LogP contribution in [0, 0.1) is 0 Å². The monoisotopic (exact) mass is 317 g/mol. The third kappa shape index (κ3) is 3.43. The highest BCUT2D eigenvalue weighted by Crippen LogP contribution is 2.38. The SMILES string of the molecule is CC(C)c1cc(C(=O)N(C)CCc2noc(C3CC3)n2)n(C)n1. The van der Waals surface area contributed by atoms with Crippen LogP contribution in [0.25, 0.3) is 0 Å². The molecule has 23 heavy (non-hydrogen) atoms. The molecule has 1 amide bonds. The number of hydrogen-bond acceptors (Lipinski definition) is 5. The van der Waals surface area contributed by atoms with E-state index < -0.39 is 0 Å². The van der Waals surface area contributed by atoms with Crippen molar-refractivity contribution < 1.29 is 9.32 Å². The van der Waals surface area contributed by atoms with Gasteiger partial charge in [-0.2, -0.15) is 10.1 Å². The smallest absolute Gasteiger partial charge is 0.271 e. The van der Waals surface area contributed by atoms with Gasteiger partial charge in [0.25, 0.3) is 5.91 Å². The maximum Gasteiger partial charge on any atom is 0.271 e. The maximum atomic E-state index is 12.5. The molecule has 7 nitrogen and oxygen atoms in total. The molecule has 1 fully saturated rings. The Labute approximate surface area is 135 Å². The first-order valence-electron chi connectivity index (χ1n) is 8.07. The number of carbonyl (C=O) groups is 1. The zero-order valence-corrected chi connectivity index (χ0v) is 14.1. The fraction of sp³-hybridized carbons (Fsp3) is 0.625. The van der Waals surface area contributed by atoms with Gasteiger partial charge in [-0.05, 0) is 24.8 Å². The van der Waals surface area contributed by atoms with E-state index in [1.807, 2.05) is 6.07 Å². The van der Waals surface area contributed by atoms with E-state index in [9.17, 15) is 4.79 Å². The maximum absolute atomic E-state index is 12.5. The molecule has 0 bridgehead atoms. The molecule has 0 atom stereocenters. The van der Waals surface area contributed by atoms with Crippen LogP contribution in [0.3, 0.4) is 0 Å². The molecule has 1 aliphatic carbocycles. The Hall–Kier alpha value is -2.18. The Morgan fingerprint density at radius 1 is 1.48 bits per heavy atom. The summed E-state index contributed by atoms with van der Waals surface area (Å²) in [5.74, 6) is 2.12. The van der Waals surface area contributed by atoms with Crippen molar-refractivity contribution in [2.45, 2.75) is 44.9 Å². The van der Waals surface area contributed by atoms with Gasteiger partial charge in [0.2, 0.25) is 5.89 Å². The molecule has 0 spiro atoms. The van der Waals surface area contributed by atoms with E-state index in [4.69, 9.17) is 4.52 Å². The molecule has 1 aliphatic rings. The molecular formula is C16H23N5O2. The third-order valence-electron chi connectivity index (χ3n) is 4.14. The first-order chi connectivity index (χ1) is 11.0. The summed E-state index contributed by atoms with van der Waals surface area (Å²) in [6.07, 6.45) is 2.87. The molecule has 2 heterocycles. The van der Waals surface area contributed by atoms with E-state index in [2.05, 4.69) is 29.1 Å². The van der Waals surface area contributed by atoms with Crippen LogP contribution in [-0.4, -0.2) is 44.3 Å². The average molecular weight is 317 g/mol. The van der Waals surface area contributed by atoms with Gasteiger partial charge in [0.1, 0.15) is 5.69 Å². The van der Waals surface area contributed by atoms with Crippen LogP contribution in [0.5, 0.6) is 0 Å². The van der Waals surface area contributed by atoms with Crippen LogP contribution in [0.15, 0.2) is 10.6 Å². The average Bonchev–Trinajstić information content (AvgIpc) is 3.13.